The molecule has 5 heteroatoms. The Kier molecular flexibility index (Phi) is 4.62. The fourth-order valence-corrected chi connectivity index (χ4v) is 4.85. The van der Waals surface area contributed by atoms with Gasteiger partial charge in [-0.1, -0.05) is 84.9 Å². The molecule has 6 rings (SSSR count). The molecule has 0 amide bonds. The highest BCUT2D eigenvalue weighted by Crippen LogP contribution is 2.36. The second-order valence-corrected chi connectivity index (χ2v) is 8.53. The Morgan fingerprint density at radius 3 is 1.47 bits per heavy atom. The highest BCUT2D eigenvalue weighted by molar-refractivity contribution is 6.17. The number of ketones is 1. The predicted octanol–water partition coefficient (Wildman–Crippen LogP) is 6.62. The molecular formula is C29H22N4O. The van der Waals surface area contributed by atoms with Gasteiger partial charge in [-0.3, -0.25) is 15.0 Å². The van der Waals surface area contributed by atoms with Crippen molar-refractivity contribution in [3.63, 3.8) is 0 Å². The zero-order valence-corrected chi connectivity index (χ0v) is 18.9. The number of rotatable bonds is 4. The average molecular weight is 443 g/mol. The quantitative estimate of drug-likeness (QED) is 0.301. The number of hydrogen-bond acceptors (Lipinski definition) is 3. The summed E-state index contributed by atoms with van der Waals surface area (Å²) in [5, 5.41) is 19.4. The van der Waals surface area contributed by atoms with Crippen LogP contribution in [0.4, 0.5) is 0 Å². The second kappa shape index (κ2) is 7.81. The standard InChI is InChI=1S/C29H22N4O/c1-17-25(23-15-7-11-19-9-3-5-13-21(19)23)27(32-30-17)29(34)28-26(18(2)31-33-28)24-16-8-12-20-10-4-6-14-22(20)24/h3-16H,1-2H3,(H,30,32)(H,31,33). The molecular weight excluding hydrogens is 420 g/mol. The molecule has 0 radical (unpaired) electrons. The molecule has 4 aromatic carbocycles. The summed E-state index contributed by atoms with van der Waals surface area (Å²) in [7, 11) is 0. The number of nitrogens with zero attached hydrogens (tertiary/aromatic N) is 2. The van der Waals surface area contributed by atoms with Gasteiger partial charge in [-0.15, -0.1) is 0 Å². The van der Waals surface area contributed by atoms with E-state index in [0.29, 0.717) is 11.4 Å². The smallest absolute Gasteiger partial charge is 0.234 e. The lowest BCUT2D eigenvalue weighted by atomic mass is 9.92. The first kappa shape index (κ1) is 20.1. The van der Waals surface area contributed by atoms with E-state index in [1.165, 1.54) is 0 Å². The lowest BCUT2D eigenvalue weighted by Gasteiger charge is -2.10. The summed E-state index contributed by atoms with van der Waals surface area (Å²) in [6.45, 7) is 3.89. The van der Waals surface area contributed by atoms with Gasteiger partial charge in [0.2, 0.25) is 5.78 Å². The van der Waals surface area contributed by atoms with Crippen LogP contribution in [-0.4, -0.2) is 26.2 Å². The van der Waals surface area contributed by atoms with Gasteiger partial charge in [-0.2, -0.15) is 10.2 Å². The zero-order valence-electron chi connectivity index (χ0n) is 18.9. The maximum Gasteiger partial charge on any atom is 0.234 e. The maximum atomic E-state index is 14.0. The summed E-state index contributed by atoms with van der Waals surface area (Å²) in [6, 6.07) is 28.6. The van der Waals surface area contributed by atoms with Crippen molar-refractivity contribution < 1.29 is 4.79 Å². The summed E-state index contributed by atoms with van der Waals surface area (Å²) in [4.78, 5) is 14.0. The van der Waals surface area contributed by atoms with Crippen molar-refractivity contribution in [1.82, 2.24) is 20.4 Å². The lowest BCUT2D eigenvalue weighted by Crippen LogP contribution is -2.06. The van der Waals surface area contributed by atoms with Crippen molar-refractivity contribution in [2.45, 2.75) is 13.8 Å². The molecule has 34 heavy (non-hydrogen) atoms. The Labute approximate surface area is 196 Å². The lowest BCUT2D eigenvalue weighted by molar-refractivity contribution is 0.103. The van der Waals surface area contributed by atoms with Gasteiger partial charge >= 0.3 is 0 Å². The number of aryl methyl sites for hydroxylation is 2. The van der Waals surface area contributed by atoms with E-state index >= 15 is 0 Å². The average Bonchev–Trinajstić information content (AvgIpc) is 3.45. The minimum atomic E-state index is -0.209. The highest BCUT2D eigenvalue weighted by atomic mass is 16.1. The molecule has 0 spiro atoms. The normalized spacial score (nSPS) is 11.4. The summed E-state index contributed by atoms with van der Waals surface area (Å²) in [5.41, 5.74) is 6.03. The number of aromatic nitrogens is 4. The number of fused-ring (bicyclic) bond motifs is 2. The van der Waals surface area contributed by atoms with E-state index < -0.39 is 0 Å². The van der Waals surface area contributed by atoms with Crippen molar-refractivity contribution in [3.05, 3.63) is 108 Å². The highest BCUT2D eigenvalue weighted by Gasteiger charge is 2.27. The van der Waals surface area contributed by atoms with Gasteiger partial charge in [0.1, 0.15) is 11.4 Å². The Morgan fingerprint density at radius 2 is 1.00 bits per heavy atom. The maximum absolute atomic E-state index is 14.0. The molecule has 0 fully saturated rings. The Balaban J connectivity index is 1.55. The molecule has 0 aliphatic heterocycles. The van der Waals surface area contributed by atoms with Crippen LogP contribution in [0.1, 0.15) is 27.6 Å². The van der Waals surface area contributed by atoms with Crippen LogP contribution in [0.5, 0.6) is 0 Å². The molecule has 5 nitrogen and oxygen atoms in total. The van der Waals surface area contributed by atoms with Crippen molar-refractivity contribution in [2.75, 3.05) is 0 Å². The molecule has 0 atom stereocenters. The molecule has 0 unspecified atom stereocenters. The van der Waals surface area contributed by atoms with E-state index in [4.69, 9.17) is 0 Å². The van der Waals surface area contributed by atoms with Gasteiger partial charge in [-0.05, 0) is 46.5 Å². The van der Waals surface area contributed by atoms with Crippen LogP contribution < -0.4 is 0 Å². The van der Waals surface area contributed by atoms with E-state index in [9.17, 15) is 4.79 Å². The van der Waals surface area contributed by atoms with E-state index in [1.54, 1.807) is 0 Å². The minimum Gasteiger partial charge on any atom is -0.285 e. The monoisotopic (exact) mass is 442 g/mol. The Bertz CT molecular complexity index is 1570. The number of carbonyl (C=O) groups is 1. The Hall–Kier alpha value is -4.51. The molecule has 0 aliphatic rings. The number of aromatic amines is 2. The summed E-state index contributed by atoms with van der Waals surface area (Å²) in [5.74, 6) is -0.209. The van der Waals surface area contributed by atoms with Crippen LogP contribution >= 0.6 is 0 Å². The first-order valence-corrected chi connectivity index (χ1v) is 11.2. The first-order chi connectivity index (χ1) is 16.6. The molecule has 2 aromatic heterocycles. The van der Waals surface area contributed by atoms with Crippen molar-refractivity contribution in [2.24, 2.45) is 0 Å². The zero-order chi connectivity index (χ0) is 23.2. The van der Waals surface area contributed by atoms with E-state index in [2.05, 4.69) is 56.8 Å². The molecule has 0 aliphatic carbocycles. The number of carbonyl (C=O) groups excluding carboxylic acids is 1. The van der Waals surface area contributed by atoms with E-state index in [0.717, 1.165) is 55.2 Å². The summed E-state index contributed by atoms with van der Waals surface area (Å²) < 4.78 is 0. The van der Waals surface area contributed by atoms with Crippen LogP contribution in [-0.2, 0) is 0 Å². The molecule has 2 heterocycles. The van der Waals surface area contributed by atoms with Crippen LogP contribution in [0.25, 0.3) is 43.8 Å². The number of benzene rings is 4. The topological polar surface area (TPSA) is 74.4 Å². The van der Waals surface area contributed by atoms with Crippen molar-refractivity contribution in [3.8, 4) is 22.3 Å². The minimum absolute atomic E-state index is 0.209. The van der Waals surface area contributed by atoms with Crippen molar-refractivity contribution in [1.29, 1.82) is 0 Å². The number of nitrogens with one attached hydrogen (secondary N) is 2. The van der Waals surface area contributed by atoms with Gasteiger partial charge < -0.3 is 0 Å². The molecule has 0 bridgehead atoms. The van der Waals surface area contributed by atoms with Crippen LogP contribution in [0.15, 0.2) is 84.9 Å². The van der Waals surface area contributed by atoms with Gasteiger partial charge in [0.15, 0.2) is 0 Å². The van der Waals surface area contributed by atoms with Crippen molar-refractivity contribution >= 4 is 27.3 Å². The van der Waals surface area contributed by atoms with Gasteiger partial charge in [-0.25, -0.2) is 0 Å². The molecule has 0 saturated heterocycles. The largest absolute Gasteiger partial charge is 0.285 e. The first-order valence-electron chi connectivity index (χ1n) is 11.2. The number of hydrogen-bond donors (Lipinski definition) is 2. The summed E-state index contributed by atoms with van der Waals surface area (Å²) >= 11 is 0. The van der Waals surface area contributed by atoms with Crippen LogP contribution in [0.3, 0.4) is 0 Å². The van der Waals surface area contributed by atoms with Gasteiger partial charge in [0.25, 0.3) is 0 Å². The molecule has 2 N–H and O–H groups in total. The third-order valence-electron chi connectivity index (χ3n) is 6.44. The van der Waals surface area contributed by atoms with E-state index in [-0.39, 0.29) is 5.78 Å². The molecule has 0 saturated carbocycles. The third-order valence-corrected chi connectivity index (χ3v) is 6.44. The fraction of sp³-hybridized carbons (Fsp3) is 0.0690. The van der Waals surface area contributed by atoms with Crippen LogP contribution in [0, 0.1) is 13.8 Å². The SMILES string of the molecule is Cc1[nH]nc(C(=O)c2n[nH]c(C)c2-c2cccc3ccccc23)c1-c1cccc2ccccc12. The predicted molar refractivity (Wildman–Crippen MR) is 136 cm³/mol. The fourth-order valence-electron chi connectivity index (χ4n) is 4.85. The third kappa shape index (κ3) is 3.05. The van der Waals surface area contributed by atoms with Crippen LogP contribution in [0.2, 0.25) is 0 Å². The molecule has 6 aromatic rings. The summed E-state index contributed by atoms with van der Waals surface area (Å²) in [6.07, 6.45) is 0. The Morgan fingerprint density at radius 1 is 0.588 bits per heavy atom. The van der Waals surface area contributed by atoms with Gasteiger partial charge in [0.05, 0.1) is 0 Å². The number of H-pyrrole nitrogens is 2. The second-order valence-electron chi connectivity index (χ2n) is 8.53. The molecule has 164 valence electrons. The van der Waals surface area contributed by atoms with E-state index in [1.807, 2.05) is 62.4 Å². The van der Waals surface area contributed by atoms with Gasteiger partial charge in [0, 0.05) is 22.5 Å².